The SMILES string of the molecule is O=C(Cn1c(=O)n(Cc2cccs2)c2ncccc21)N1CCOCC1. The van der Waals surface area contributed by atoms with Gasteiger partial charge >= 0.3 is 5.69 Å². The van der Waals surface area contributed by atoms with Gasteiger partial charge in [0.05, 0.1) is 25.3 Å². The molecule has 130 valence electrons. The van der Waals surface area contributed by atoms with Crippen LogP contribution in [0, 0.1) is 0 Å². The van der Waals surface area contributed by atoms with Crippen molar-refractivity contribution in [1.29, 1.82) is 0 Å². The number of hydrogen-bond donors (Lipinski definition) is 0. The number of pyridine rings is 1. The molecule has 1 aliphatic heterocycles. The first-order valence-electron chi connectivity index (χ1n) is 8.16. The molecule has 0 unspecified atom stereocenters. The fourth-order valence-corrected chi connectivity index (χ4v) is 3.74. The van der Waals surface area contributed by atoms with E-state index in [1.807, 2.05) is 23.6 Å². The number of imidazole rings is 1. The Hall–Kier alpha value is -2.45. The molecule has 0 saturated carbocycles. The molecule has 0 atom stereocenters. The molecule has 4 rings (SSSR count). The molecule has 3 aromatic heterocycles. The summed E-state index contributed by atoms with van der Waals surface area (Å²) >= 11 is 1.60. The predicted molar refractivity (Wildman–Crippen MR) is 94.8 cm³/mol. The largest absolute Gasteiger partial charge is 0.378 e. The molecule has 3 aromatic rings. The average molecular weight is 358 g/mol. The summed E-state index contributed by atoms with van der Waals surface area (Å²) in [7, 11) is 0. The molecule has 8 heteroatoms. The van der Waals surface area contributed by atoms with Gasteiger partial charge in [-0.15, -0.1) is 11.3 Å². The molecule has 0 N–H and O–H groups in total. The van der Waals surface area contributed by atoms with Gasteiger partial charge in [-0.25, -0.2) is 9.78 Å². The van der Waals surface area contributed by atoms with Gasteiger partial charge in [-0.1, -0.05) is 6.07 Å². The summed E-state index contributed by atoms with van der Waals surface area (Å²) in [6.45, 7) is 2.71. The highest BCUT2D eigenvalue weighted by Crippen LogP contribution is 2.15. The molecular formula is C17H18N4O3S. The zero-order valence-corrected chi connectivity index (χ0v) is 14.4. The lowest BCUT2D eigenvalue weighted by molar-refractivity contribution is -0.135. The van der Waals surface area contributed by atoms with Gasteiger partial charge in [0.2, 0.25) is 5.91 Å². The Balaban J connectivity index is 1.70. The summed E-state index contributed by atoms with van der Waals surface area (Å²) in [5.74, 6) is -0.0653. The molecule has 1 saturated heterocycles. The lowest BCUT2D eigenvalue weighted by Gasteiger charge is -2.26. The first-order valence-corrected chi connectivity index (χ1v) is 9.04. The number of morpholine rings is 1. The molecule has 0 bridgehead atoms. The molecule has 4 heterocycles. The van der Waals surface area contributed by atoms with E-state index in [2.05, 4.69) is 4.98 Å². The van der Waals surface area contributed by atoms with E-state index >= 15 is 0 Å². The summed E-state index contributed by atoms with van der Waals surface area (Å²) in [6, 6.07) is 7.57. The third kappa shape index (κ3) is 3.10. The minimum absolute atomic E-state index is 0.0263. The van der Waals surface area contributed by atoms with E-state index in [-0.39, 0.29) is 18.1 Å². The lowest BCUT2D eigenvalue weighted by Crippen LogP contribution is -2.43. The summed E-state index contributed by atoms with van der Waals surface area (Å²) < 4.78 is 8.44. The number of aromatic nitrogens is 3. The highest BCUT2D eigenvalue weighted by Gasteiger charge is 2.21. The van der Waals surface area contributed by atoms with Crippen LogP contribution in [0.2, 0.25) is 0 Å². The second-order valence-electron chi connectivity index (χ2n) is 5.87. The second kappa shape index (κ2) is 6.81. The number of ether oxygens (including phenoxy) is 1. The van der Waals surface area contributed by atoms with E-state index in [4.69, 9.17) is 4.74 Å². The van der Waals surface area contributed by atoms with Gasteiger partial charge in [0.1, 0.15) is 6.54 Å². The van der Waals surface area contributed by atoms with Crippen molar-refractivity contribution in [2.75, 3.05) is 26.3 Å². The standard InChI is InChI=1S/C17H18N4O3S/c22-15(19-6-8-24-9-7-19)12-20-14-4-1-5-18-16(14)21(17(20)23)11-13-3-2-10-25-13/h1-5,10H,6-9,11-12H2. The number of amides is 1. The highest BCUT2D eigenvalue weighted by molar-refractivity contribution is 7.09. The Morgan fingerprint density at radius 1 is 1.20 bits per heavy atom. The normalized spacial score (nSPS) is 15.0. The molecule has 0 aromatic carbocycles. The summed E-state index contributed by atoms with van der Waals surface area (Å²) in [4.78, 5) is 32.7. The van der Waals surface area contributed by atoms with E-state index in [1.165, 1.54) is 4.57 Å². The van der Waals surface area contributed by atoms with Crippen LogP contribution < -0.4 is 5.69 Å². The Kier molecular flexibility index (Phi) is 4.37. The second-order valence-corrected chi connectivity index (χ2v) is 6.91. The van der Waals surface area contributed by atoms with Crippen molar-refractivity contribution < 1.29 is 9.53 Å². The van der Waals surface area contributed by atoms with Crippen molar-refractivity contribution in [3.05, 3.63) is 51.2 Å². The van der Waals surface area contributed by atoms with E-state index < -0.39 is 0 Å². The van der Waals surface area contributed by atoms with Crippen molar-refractivity contribution in [2.45, 2.75) is 13.1 Å². The van der Waals surface area contributed by atoms with Crippen molar-refractivity contribution in [2.24, 2.45) is 0 Å². The number of carbonyl (C=O) groups is 1. The van der Waals surface area contributed by atoms with Gasteiger partial charge in [-0.05, 0) is 23.6 Å². The van der Waals surface area contributed by atoms with Gasteiger partial charge in [0.15, 0.2) is 5.65 Å². The zero-order valence-electron chi connectivity index (χ0n) is 13.6. The fourth-order valence-electron chi connectivity index (χ4n) is 3.05. The number of carbonyl (C=O) groups excluding carboxylic acids is 1. The van der Waals surface area contributed by atoms with Crippen LogP contribution in [0.5, 0.6) is 0 Å². The number of rotatable bonds is 4. The van der Waals surface area contributed by atoms with Crippen molar-refractivity contribution in [1.82, 2.24) is 19.0 Å². The topological polar surface area (TPSA) is 69.4 Å². The molecule has 0 aliphatic carbocycles. The average Bonchev–Trinajstić information content (AvgIpc) is 3.25. The van der Waals surface area contributed by atoms with Crippen molar-refractivity contribution in [3.63, 3.8) is 0 Å². The number of thiophene rings is 1. The maximum Gasteiger partial charge on any atom is 0.331 e. The first kappa shape index (κ1) is 16.0. The van der Waals surface area contributed by atoms with Crippen LogP contribution in [0.25, 0.3) is 11.2 Å². The van der Waals surface area contributed by atoms with Crippen LogP contribution in [-0.2, 0) is 22.6 Å². The van der Waals surface area contributed by atoms with Crippen LogP contribution in [-0.4, -0.2) is 51.2 Å². The van der Waals surface area contributed by atoms with Gasteiger partial charge < -0.3 is 9.64 Å². The third-order valence-electron chi connectivity index (χ3n) is 4.33. The summed E-state index contributed by atoms with van der Waals surface area (Å²) in [5, 5.41) is 1.98. The molecule has 1 aliphatic rings. The van der Waals surface area contributed by atoms with Crippen LogP contribution in [0.4, 0.5) is 0 Å². The fraction of sp³-hybridized carbons (Fsp3) is 0.353. The predicted octanol–water partition coefficient (Wildman–Crippen LogP) is 1.17. The Morgan fingerprint density at radius 3 is 2.80 bits per heavy atom. The van der Waals surface area contributed by atoms with Crippen molar-refractivity contribution >= 4 is 28.4 Å². The zero-order chi connectivity index (χ0) is 17.2. The summed E-state index contributed by atoms with van der Waals surface area (Å²) in [6.07, 6.45) is 1.67. The van der Waals surface area contributed by atoms with Gasteiger partial charge in [0, 0.05) is 24.2 Å². The van der Waals surface area contributed by atoms with E-state index in [9.17, 15) is 9.59 Å². The Morgan fingerprint density at radius 2 is 2.04 bits per heavy atom. The third-order valence-corrected chi connectivity index (χ3v) is 5.19. The molecule has 0 spiro atoms. The number of hydrogen-bond acceptors (Lipinski definition) is 5. The molecule has 1 amide bonds. The van der Waals surface area contributed by atoms with Crippen LogP contribution in [0.1, 0.15) is 4.88 Å². The molecule has 7 nitrogen and oxygen atoms in total. The van der Waals surface area contributed by atoms with Gasteiger partial charge in [-0.2, -0.15) is 0 Å². The minimum Gasteiger partial charge on any atom is -0.378 e. The van der Waals surface area contributed by atoms with Crippen LogP contribution >= 0.6 is 11.3 Å². The van der Waals surface area contributed by atoms with E-state index in [1.54, 1.807) is 33.1 Å². The monoisotopic (exact) mass is 358 g/mol. The number of fused-ring (bicyclic) bond motifs is 1. The lowest BCUT2D eigenvalue weighted by atomic mass is 10.3. The molecule has 1 fully saturated rings. The molecule has 0 radical (unpaired) electrons. The van der Waals surface area contributed by atoms with Crippen molar-refractivity contribution in [3.8, 4) is 0 Å². The maximum atomic E-state index is 12.9. The smallest absolute Gasteiger partial charge is 0.331 e. The highest BCUT2D eigenvalue weighted by atomic mass is 32.1. The molecular weight excluding hydrogens is 340 g/mol. The quantitative estimate of drug-likeness (QED) is 0.702. The van der Waals surface area contributed by atoms with Gasteiger partial charge in [0.25, 0.3) is 0 Å². The molecule has 25 heavy (non-hydrogen) atoms. The summed E-state index contributed by atoms with van der Waals surface area (Å²) in [5.41, 5.74) is 1.09. The Labute approximate surface area is 148 Å². The number of nitrogens with zero attached hydrogens (tertiary/aromatic N) is 4. The van der Waals surface area contributed by atoms with Crippen LogP contribution in [0.3, 0.4) is 0 Å². The van der Waals surface area contributed by atoms with E-state index in [0.29, 0.717) is 44.0 Å². The minimum atomic E-state index is -0.205. The first-order chi connectivity index (χ1) is 12.2. The van der Waals surface area contributed by atoms with Gasteiger partial charge in [-0.3, -0.25) is 13.9 Å². The van der Waals surface area contributed by atoms with Crippen LogP contribution in [0.15, 0.2) is 40.6 Å². The maximum absolute atomic E-state index is 12.9. The van der Waals surface area contributed by atoms with E-state index in [0.717, 1.165) is 4.88 Å². The Bertz CT molecular complexity index is 939.